The molecule has 2 N–H and O–H groups in total. The zero-order valence-corrected chi connectivity index (χ0v) is 14.2. The Bertz CT molecular complexity index is 816. The zero-order chi connectivity index (χ0) is 19.4. The minimum Gasteiger partial charge on any atom is -0.435 e. The van der Waals surface area contributed by atoms with Crippen LogP contribution in [0.3, 0.4) is 0 Å². The molecular weight excluding hydrogens is 364 g/mol. The largest absolute Gasteiger partial charge is 0.435 e. The van der Waals surface area contributed by atoms with Crippen molar-refractivity contribution in [3.8, 4) is 5.75 Å². The van der Waals surface area contributed by atoms with Gasteiger partial charge in [-0.15, -0.1) is 0 Å². The molecule has 1 heterocycles. The first-order valence-corrected chi connectivity index (χ1v) is 8.45. The van der Waals surface area contributed by atoms with Gasteiger partial charge in [-0.25, -0.2) is 8.78 Å². The molecule has 0 radical (unpaired) electrons. The minimum absolute atomic E-state index is 0.114. The number of alkyl halides is 2. The number of halogens is 4. The lowest BCUT2D eigenvalue weighted by Gasteiger charge is -2.33. The maximum absolute atomic E-state index is 13.6. The van der Waals surface area contributed by atoms with Gasteiger partial charge in [0.05, 0.1) is 0 Å². The average Bonchev–Trinajstić information content (AvgIpc) is 2.64. The van der Waals surface area contributed by atoms with Crippen molar-refractivity contribution in [1.29, 1.82) is 0 Å². The summed E-state index contributed by atoms with van der Waals surface area (Å²) < 4.78 is 55.8. The van der Waals surface area contributed by atoms with Gasteiger partial charge >= 0.3 is 6.61 Å². The van der Waals surface area contributed by atoms with E-state index < -0.39 is 24.2 Å². The van der Waals surface area contributed by atoms with Crippen LogP contribution in [0.5, 0.6) is 5.75 Å². The lowest BCUT2D eigenvalue weighted by Crippen LogP contribution is -2.50. The van der Waals surface area contributed by atoms with Crippen molar-refractivity contribution in [1.82, 2.24) is 10.6 Å². The monoisotopic (exact) mass is 382 g/mol. The van der Waals surface area contributed by atoms with E-state index in [9.17, 15) is 22.4 Å². The van der Waals surface area contributed by atoms with Crippen molar-refractivity contribution >= 4 is 5.91 Å². The van der Waals surface area contributed by atoms with E-state index in [0.29, 0.717) is 25.1 Å². The molecule has 1 fully saturated rings. The fraction of sp³-hybridized carbons (Fsp3) is 0.316. The molecule has 1 aliphatic heterocycles. The second-order valence-electron chi connectivity index (χ2n) is 6.26. The van der Waals surface area contributed by atoms with Crippen LogP contribution >= 0.6 is 0 Å². The van der Waals surface area contributed by atoms with Crippen LogP contribution in [0.15, 0.2) is 42.5 Å². The van der Waals surface area contributed by atoms with Gasteiger partial charge in [-0.2, -0.15) is 8.78 Å². The molecule has 1 saturated heterocycles. The van der Waals surface area contributed by atoms with Crippen LogP contribution in [-0.4, -0.2) is 31.7 Å². The molecular formula is C19H18F4N2O2. The Kier molecular flexibility index (Phi) is 5.95. The lowest BCUT2D eigenvalue weighted by molar-refractivity contribution is -0.0498. The van der Waals surface area contributed by atoms with Crippen LogP contribution in [0.1, 0.15) is 28.3 Å². The number of rotatable bonds is 5. The normalized spacial score (nSPS) is 19.7. The third-order valence-electron chi connectivity index (χ3n) is 4.49. The summed E-state index contributed by atoms with van der Waals surface area (Å²) in [6.45, 7) is -1.86. The molecule has 8 heteroatoms. The molecule has 1 amide bonds. The van der Waals surface area contributed by atoms with Crippen LogP contribution in [0, 0.1) is 11.6 Å². The SMILES string of the molecule is O=C(NC1CNCCC1c1ccc(F)c(F)c1)c1cccc(OC(F)F)c1. The van der Waals surface area contributed by atoms with Crippen LogP contribution in [-0.2, 0) is 0 Å². The third-order valence-corrected chi connectivity index (χ3v) is 4.49. The molecule has 4 nitrogen and oxygen atoms in total. The molecule has 0 bridgehead atoms. The van der Waals surface area contributed by atoms with Gasteiger partial charge in [0.1, 0.15) is 5.75 Å². The van der Waals surface area contributed by atoms with Crippen molar-refractivity contribution in [3.05, 3.63) is 65.2 Å². The quantitative estimate of drug-likeness (QED) is 0.779. The van der Waals surface area contributed by atoms with Gasteiger partial charge in [0, 0.05) is 24.1 Å². The number of carbonyl (C=O) groups excluding carboxylic acids is 1. The predicted molar refractivity (Wildman–Crippen MR) is 90.9 cm³/mol. The maximum Gasteiger partial charge on any atom is 0.387 e. The number of nitrogens with one attached hydrogen (secondary N) is 2. The van der Waals surface area contributed by atoms with Crippen molar-refractivity contribution in [3.63, 3.8) is 0 Å². The van der Waals surface area contributed by atoms with Crippen molar-refractivity contribution in [2.75, 3.05) is 13.1 Å². The van der Waals surface area contributed by atoms with E-state index >= 15 is 0 Å². The van der Waals surface area contributed by atoms with Crippen LogP contribution in [0.2, 0.25) is 0 Å². The van der Waals surface area contributed by atoms with E-state index in [-0.39, 0.29) is 23.3 Å². The second-order valence-corrected chi connectivity index (χ2v) is 6.26. The summed E-state index contributed by atoms with van der Waals surface area (Å²) in [7, 11) is 0. The number of piperidine rings is 1. The molecule has 0 aromatic heterocycles. The summed E-state index contributed by atoms with van der Waals surface area (Å²) in [6, 6.07) is 8.83. The molecule has 2 unspecified atom stereocenters. The number of ether oxygens (including phenoxy) is 1. The number of amides is 1. The van der Waals surface area contributed by atoms with E-state index in [1.54, 1.807) is 0 Å². The summed E-state index contributed by atoms with van der Waals surface area (Å²) in [5, 5.41) is 5.99. The summed E-state index contributed by atoms with van der Waals surface area (Å²) in [5.41, 5.74) is 0.762. The summed E-state index contributed by atoms with van der Waals surface area (Å²) >= 11 is 0. The fourth-order valence-electron chi connectivity index (χ4n) is 3.22. The Hall–Kier alpha value is -2.61. The Morgan fingerprint density at radius 2 is 1.96 bits per heavy atom. The van der Waals surface area contributed by atoms with Crippen LogP contribution in [0.25, 0.3) is 0 Å². The van der Waals surface area contributed by atoms with E-state index in [2.05, 4.69) is 15.4 Å². The second kappa shape index (κ2) is 8.39. The fourth-order valence-corrected chi connectivity index (χ4v) is 3.22. The van der Waals surface area contributed by atoms with Crippen LogP contribution < -0.4 is 15.4 Å². The Morgan fingerprint density at radius 3 is 2.70 bits per heavy atom. The molecule has 144 valence electrons. The smallest absolute Gasteiger partial charge is 0.387 e. The van der Waals surface area contributed by atoms with Gasteiger partial charge in [0.25, 0.3) is 5.91 Å². The zero-order valence-electron chi connectivity index (χ0n) is 14.2. The Labute approximate surface area is 153 Å². The highest BCUT2D eigenvalue weighted by Crippen LogP contribution is 2.27. The first kappa shape index (κ1) is 19.2. The van der Waals surface area contributed by atoms with E-state index in [4.69, 9.17) is 0 Å². The molecule has 2 atom stereocenters. The first-order chi connectivity index (χ1) is 12.9. The van der Waals surface area contributed by atoms with Gasteiger partial charge < -0.3 is 15.4 Å². The molecule has 3 rings (SSSR count). The van der Waals surface area contributed by atoms with Gasteiger partial charge in [0.15, 0.2) is 11.6 Å². The summed E-state index contributed by atoms with van der Waals surface area (Å²) in [4.78, 5) is 12.5. The third kappa shape index (κ3) is 4.77. The molecule has 2 aromatic carbocycles. The van der Waals surface area contributed by atoms with Crippen molar-refractivity contribution < 1.29 is 27.1 Å². The molecule has 0 spiro atoms. The number of hydrogen-bond donors (Lipinski definition) is 2. The highest BCUT2D eigenvalue weighted by molar-refractivity contribution is 5.94. The molecule has 2 aromatic rings. The predicted octanol–water partition coefficient (Wildman–Crippen LogP) is 3.44. The average molecular weight is 382 g/mol. The summed E-state index contributed by atoms with van der Waals surface area (Å²) in [6.07, 6.45) is 0.630. The van der Waals surface area contributed by atoms with Crippen molar-refractivity contribution in [2.45, 2.75) is 25.0 Å². The van der Waals surface area contributed by atoms with Crippen LogP contribution in [0.4, 0.5) is 17.6 Å². The molecule has 1 aliphatic rings. The number of carbonyl (C=O) groups is 1. The topological polar surface area (TPSA) is 50.4 Å². The van der Waals surface area contributed by atoms with E-state index in [1.807, 2.05) is 0 Å². The standard InChI is InChI=1S/C19H18F4N2O2/c20-15-5-4-11(9-16(15)21)14-6-7-24-10-17(14)25-18(26)12-2-1-3-13(8-12)27-19(22)23/h1-5,8-9,14,17,19,24H,6-7,10H2,(H,25,26). The lowest BCUT2D eigenvalue weighted by atomic mass is 9.85. The maximum atomic E-state index is 13.6. The highest BCUT2D eigenvalue weighted by atomic mass is 19.3. The van der Waals surface area contributed by atoms with Gasteiger partial charge in [-0.05, 0) is 48.9 Å². The molecule has 27 heavy (non-hydrogen) atoms. The number of hydrogen-bond acceptors (Lipinski definition) is 3. The minimum atomic E-state index is -2.98. The van der Waals surface area contributed by atoms with Gasteiger partial charge in [-0.1, -0.05) is 12.1 Å². The molecule has 0 aliphatic carbocycles. The number of benzene rings is 2. The molecule has 0 saturated carbocycles. The van der Waals surface area contributed by atoms with E-state index in [0.717, 1.165) is 12.1 Å². The van der Waals surface area contributed by atoms with Gasteiger partial charge in [0.2, 0.25) is 0 Å². The summed E-state index contributed by atoms with van der Waals surface area (Å²) in [5.74, 6) is -2.64. The Morgan fingerprint density at radius 1 is 1.15 bits per heavy atom. The van der Waals surface area contributed by atoms with E-state index in [1.165, 1.54) is 30.3 Å². The van der Waals surface area contributed by atoms with Gasteiger partial charge in [-0.3, -0.25) is 4.79 Å². The van der Waals surface area contributed by atoms with Crippen molar-refractivity contribution in [2.24, 2.45) is 0 Å². The highest BCUT2D eigenvalue weighted by Gasteiger charge is 2.28. The first-order valence-electron chi connectivity index (χ1n) is 8.45. The Balaban J connectivity index is 1.76.